The lowest BCUT2D eigenvalue weighted by molar-refractivity contribution is 0.111. The van der Waals surface area contributed by atoms with Crippen LogP contribution >= 0.6 is 0 Å². The molecule has 0 aromatic heterocycles. The van der Waals surface area contributed by atoms with Gasteiger partial charge in [-0.3, -0.25) is 9.59 Å². The fourth-order valence-corrected chi connectivity index (χ4v) is 0.653. The maximum atomic E-state index is 10.1. The minimum absolute atomic E-state index is 0.250. The summed E-state index contributed by atoms with van der Waals surface area (Å²) in [5.41, 5.74) is 1.18. The Morgan fingerprint density at radius 3 is 1.46 bits per heavy atom. The van der Waals surface area contributed by atoms with Gasteiger partial charge in [0.15, 0.2) is 0 Å². The van der Waals surface area contributed by atoms with E-state index in [9.17, 15) is 9.59 Å². The third-order valence-electron chi connectivity index (χ3n) is 1.21. The van der Waals surface area contributed by atoms with E-state index >= 15 is 0 Å². The van der Waals surface area contributed by atoms with Gasteiger partial charge in [0.25, 0.3) is 0 Å². The number of aliphatic hydroxyl groups excluding tert-OH is 1. The van der Waals surface area contributed by atoms with Gasteiger partial charge < -0.3 is 5.11 Å². The number of carbonyl (C=O) groups is 2. The van der Waals surface area contributed by atoms with E-state index in [1.807, 2.05) is 0 Å². The highest BCUT2D eigenvalue weighted by atomic mass is 16.2. The quantitative estimate of drug-likeness (QED) is 0.698. The molecule has 0 heterocycles. The summed E-state index contributed by atoms with van der Waals surface area (Å²) in [6.45, 7) is 1.93. The van der Waals surface area contributed by atoms with Gasteiger partial charge in [0.1, 0.15) is 12.6 Å². The lowest BCUT2D eigenvalue weighted by atomic mass is 10.2. The first-order valence-corrected chi connectivity index (χ1v) is 3.89. The third-order valence-corrected chi connectivity index (χ3v) is 1.21. The topological polar surface area (TPSA) is 54.4 Å². The number of hydrogen-bond acceptors (Lipinski definition) is 3. The Kier molecular flexibility index (Phi) is 6.37. The van der Waals surface area contributed by atoms with Gasteiger partial charge in [0.2, 0.25) is 0 Å². The van der Waals surface area contributed by atoms with Crippen LogP contribution in [0.3, 0.4) is 0 Å². The summed E-state index contributed by atoms with van der Waals surface area (Å²) in [6, 6.07) is 6.43. The van der Waals surface area contributed by atoms with Gasteiger partial charge in [0, 0.05) is 17.7 Å². The van der Waals surface area contributed by atoms with Crippen molar-refractivity contribution in [3.8, 4) is 0 Å². The van der Waals surface area contributed by atoms with Crippen molar-refractivity contribution in [2.45, 2.75) is 6.92 Å². The average Bonchev–Trinajstić information content (AvgIpc) is 2.19. The Hall–Kier alpha value is -1.48. The number of carbonyl (C=O) groups excluding carboxylic acids is 2. The van der Waals surface area contributed by atoms with Gasteiger partial charge in [-0.2, -0.15) is 0 Å². The molecular weight excluding hydrogens is 168 g/mol. The molecule has 0 saturated carbocycles. The molecule has 0 radical (unpaired) electrons. The lowest BCUT2D eigenvalue weighted by Crippen LogP contribution is -1.81. The van der Waals surface area contributed by atoms with Crippen LogP contribution in [0.2, 0.25) is 0 Å². The highest BCUT2D eigenvalue weighted by molar-refractivity contribution is 5.79. The minimum Gasteiger partial charge on any atom is -0.397 e. The van der Waals surface area contributed by atoms with Crippen LogP contribution in [-0.4, -0.2) is 24.3 Å². The van der Waals surface area contributed by atoms with Crippen LogP contribution in [-0.2, 0) is 0 Å². The standard InChI is InChI=1S/C8H6O2.C2H6O/c9-5-7-1-2-8(6-10)4-3-7;1-2-3/h1-6H;3H,2H2,1H3. The van der Waals surface area contributed by atoms with Crippen molar-refractivity contribution in [3.63, 3.8) is 0 Å². The largest absolute Gasteiger partial charge is 0.397 e. The minimum atomic E-state index is 0.250. The van der Waals surface area contributed by atoms with Crippen molar-refractivity contribution in [2.24, 2.45) is 0 Å². The molecule has 0 saturated heterocycles. The van der Waals surface area contributed by atoms with Crippen LogP contribution in [0.25, 0.3) is 0 Å². The van der Waals surface area contributed by atoms with Crippen LogP contribution in [0.15, 0.2) is 24.3 Å². The van der Waals surface area contributed by atoms with E-state index in [4.69, 9.17) is 5.11 Å². The highest BCUT2D eigenvalue weighted by Gasteiger charge is 1.88. The van der Waals surface area contributed by atoms with E-state index in [1.165, 1.54) is 0 Å². The third kappa shape index (κ3) is 4.87. The molecule has 3 heteroatoms. The second kappa shape index (κ2) is 7.18. The molecule has 0 atom stereocenters. The van der Waals surface area contributed by atoms with E-state index in [2.05, 4.69) is 0 Å². The molecule has 0 aliphatic heterocycles. The molecule has 1 N–H and O–H groups in total. The first-order valence-electron chi connectivity index (χ1n) is 3.89. The predicted octanol–water partition coefficient (Wildman–Crippen LogP) is 1.31. The molecule has 0 fully saturated rings. The molecular formula is C10H12O3. The van der Waals surface area contributed by atoms with Crippen molar-refractivity contribution in [3.05, 3.63) is 35.4 Å². The zero-order chi connectivity index (χ0) is 10.1. The Balaban J connectivity index is 0.000000424. The predicted molar refractivity (Wildman–Crippen MR) is 50.0 cm³/mol. The van der Waals surface area contributed by atoms with Crippen molar-refractivity contribution < 1.29 is 14.7 Å². The zero-order valence-electron chi connectivity index (χ0n) is 7.43. The van der Waals surface area contributed by atoms with E-state index in [-0.39, 0.29) is 6.61 Å². The summed E-state index contributed by atoms with van der Waals surface area (Å²) in [4.78, 5) is 20.2. The summed E-state index contributed by atoms with van der Waals surface area (Å²) in [5, 5.41) is 7.57. The monoisotopic (exact) mass is 180 g/mol. The van der Waals surface area contributed by atoms with Gasteiger partial charge in [-0.25, -0.2) is 0 Å². The van der Waals surface area contributed by atoms with Crippen molar-refractivity contribution in [1.29, 1.82) is 0 Å². The molecule has 0 aliphatic carbocycles. The summed E-state index contributed by atoms with van der Waals surface area (Å²) < 4.78 is 0. The fourth-order valence-electron chi connectivity index (χ4n) is 0.653. The second-order valence-corrected chi connectivity index (χ2v) is 2.22. The Labute approximate surface area is 77.0 Å². The first-order chi connectivity index (χ1) is 6.28. The number of aldehydes is 2. The molecule has 0 aliphatic rings. The van der Waals surface area contributed by atoms with Crippen LogP contribution in [0.1, 0.15) is 27.6 Å². The van der Waals surface area contributed by atoms with Gasteiger partial charge in [-0.15, -0.1) is 0 Å². The Morgan fingerprint density at radius 1 is 1.08 bits per heavy atom. The Bertz CT molecular complexity index is 224. The van der Waals surface area contributed by atoms with Gasteiger partial charge in [-0.05, 0) is 6.92 Å². The van der Waals surface area contributed by atoms with Gasteiger partial charge in [0.05, 0.1) is 0 Å². The van der Waals surface area contributed by atoms with E-state index < -0.39 is 0 Å². The van der Waals surface area contributed by atoms with E-state index in [0.717, 1.165) is 12.6 Å². The molecule has 0 spiro atoms. The number of aliphatic hydroxyl groups is 1. The maximum Gasteiger partial charge on any atom is 0.150 e. The number of benzene rings is 1. The molecule has 1 aromatic rings. The van der Waals surface area contributed by atoms with E-state index in [1.54, 1.807) is 31.2 Å². The molecule has 70 valence electrons. The molecule has 13 heavy (non-hydrogen) atoms. The molecule has 3 nitrogen and oxygen atoms in total. The van der Waals surface area contributed by atoms with Crippen molar-refractivity contribution in [1.82, 2.24) is 0 Å². The zero-order valence-corrected chi connectivity index (χ0v) is 7.43. The Morgan fingerprint density at radius 2 is 1.31 bits per heavy atom. The van der Waals surface area contributed by atoms with Crippen LogP contribution in [0.5, 0.6) is 0 Å². The average molecular weight is 180 g/mol. The van der Waals surface area contributed by atoms with Gasteiger partial charge in [-0.1, -0.05) is 24.3 Å². The van der Waals surface area contributed by atoms with Crippen LogP contribution < -0.4 is 0 Å². The normalized spacial score (nSPS) is 8.15. The molecule has 1 rings (SSSR count). The molecule has 0 unspecified atom stereocenters. The van der Waals surface area contributed by atoms with Crippen molar-refractivity contribution in [2.75, 3.05) is 6.61 Å². The summed E-state index contributed by atoms with van der Waals surface area (Å²) in [5.74, 6) is 0. The number of rotatable bonds is 2. The summed E-state index contributed by atoms with van der Waals surface area (Å²) >= 11 is 0. The first kappa shape index (κ1) is 11.5. The highest BCUT2D eigenvalue weighted by Crippen LogP contribution is 1.98. The van der Waals surface area contributed by atoms with Crippen LogP contribution in [0.4, 0.5) is 0 Å². The molecule has 1 aromatic carbocycles. The second-order valence-electron chi connectivity index (χ2n) is 2.22. The van der Waals surface area contributed by atoms with E-state index in [0.29, 0.717) is 11.1 Å². The molecule has 0 amide bonds. The fraction of sp³-hybridized carbons (Fsp3) is 0.200. The summed E-state index contributed by atoms with van der Waals surface area (Å²) in [7, 11) is 0. The smallest absolute Gasteiger partial charge is 0.150 e. The van der Waals surface area contributed by atoms with Crippen LogP contribution in [0, 0.1) is 0 Å². The van der Waals surface area contributed by atoms with Crippen molar-refractivity contribution >= 4 is 12.6 Å². The maximum absolute atomic E-state index is 10.1. The summed E-state index contributed by atoms with van der Waals surface area (Å²) in [6.07, 6.45) is 1.49. The SMILES string of the molecule is CCO.O=Cc1ccc(C=O)cc1. The lowest BCUT2D eigenvalue weighted by Gasteiger charge is -1.88. The number of hydrogen-bond donors (Lipinski definition) is 1. The van der Waals surface area contributed by atoms with Gasteiger partial charge >= 0.3 is 0 Å². The molecule has 0 bridgehead atoms.